The number of hydrogen-bond donors (Lipinski definition) is 3. The molecule has 2 aromatic carbocycles. The summed E-state index contributed by atoms with van der Waals surface area (Å²) < 4.78 is 0.524. The second-order valence-corrected chi connectivity index (χ2v) is 7.90. The molecule has 0 spiro atoms. The van der Waals surface area contributed by atoms with E-state index >= 15 is 0 Å². The van der Waals surface area contributed by atoms with Crippen molar-refractivity contribution in [1.29, 1.82) is 0 Å². The van der Waals surface area contributed by atoms with Crippen LogP contribution in [0.2, 0.25) is 5.02 Å². The van der Waals surface area contributed by atoms with Crippen LogP contribution in [-0.2, 0) is 4.79 Å². The van der Waals surface area contributed by atoms with Crippen molar-refractivity contribution in [3.8, 4) is 5.75 Å². The highest BCUT2D eigenvalue weighted by Gasteiger charge is 2.22. The number of aromatic hydroxyl groups is 1. The number of rotatable bonds is 7. The summed E-state index contributed by atoms with van der Waals surface area (Å²) in [5.41, 5.74) is 3.56. The van der Waals surface area contributed by atoms with E-state index in [1.165, 1.54) is 12.3 Å². The van der Waals surface area contributed by atoms with Crippen LogP contribution in [0.4, 0.5) is 0 Å². The predicted octanol–water partition coefficient (Wildman–Crippen LogP) is 4.10. The molecule has 1 atom stereocenters. The highest BCUT2D eigenvalue weighted by atomic mass is 79.9. The summed E-state index contributed by atoms with van der Waals surface area (Å²) in [6, 6.07) is 10.5. The standard InChI is InChI=1S/C20H21BrClN3O3/c1-12(2)9-17(24-19(27)14-4-6-15(22)7-5-14)20(28)25-23-11-13-3-8-18(26)16(21)10-13/h3-8,10-12,17,26H,9H2,1-2H3,(H,24,27)(H,25,28). The number of nitrogens with one attached hydrogen (secondary N) is 2. The van der Waals surface area contributed by atoms with Crippen LogP contribution in [-0.4, -0.2) is 29.2 Å². The highest BCUT2D eigenvalue weighted by Crippen LogP contribution is 2.23. The van der Waals surface area contributed by atoms with Gasteiger partial charge in [-0.3, -0.25) is 9.59 Å². The van der Waals surface area contributed by atoms with Crippen molar-refractivity contribution in [2.45, 2.75) is 26.3 Å². The molecule has 28 heavy (non-hydrogen) atoms. The Labute approximate surface area is 177 Å². The van der Waals surface area contributed by atoms with Gasteiger partial charge in [-0.1, -0.05) is 25.4 Å². The van der Waals surface area contributed by atoms with Crippen LogP contribution in [0.15, 0.2) is 52.0 Å². The molecule has 0 bridgehead atoms. The first-order chi connectivity index (χ1) is 13.3. The summed E-state index contributed by atoms with van der Waals surface area (Å²) in [5.74, 6) is -0.463. The molecule has 0 saturated heterocycles. The zero-order chi connectivity index (χ0) is 20.7. The van der Waals surface area contributed by atoms with Gasteiger partial charge in [-0.2, -0.15) is 5.10 Å². The second-order valence-electron chi connectivity index (χ2n) is 6.61. The van der Waals surface area contributed by atoms with Gasteiger partial charge in [0.15, 0.2) is 0 Å². The number of nitrogens with zero attached hydrogens (tertiary/aromatic N) is 1. The summed E-state index contributed by atoms with van der Waals surface area (Å²) in [6.07, 6.45) is 1.92. The molecular weight excluding hydrogens is 446 g/mol. The summed E-state index contributed by atoms with van der Waals surface area (Å²) in [5, 5.41) is 16.7. The average Bonchev–Trinajstić information content (AvgIpc) is 2.64. The van der Waals surface area contributed by atoms with Crippen LogP contribution < -0.4 is 10.7 Å². The smallest absolute Gasteiger partial charge is 0.262 e. The van der Waals surface area contributed by atoms with Gasteiger partial charge in [0, 0.05) is 10.6 Å². The number of hydrogen-bond acceptors (Lipinski definition) is 4. The van der Waals surface area contributed by atoms with Crippen LogP contribution in [0, 0.1) is 5.92 Å². The van der Waals surface area contributed by atoms with Crippen LogP contribution >= 0.6 is 27.5 Å². The Kier molecular flexibility index (Phi) is 8.02. The summed E-state index contributed by atoms with van der Waals surface area (Å²) in [6.45, 7) is 3.93. The van der Waals surface area contributed by atoms with Gasteiger partial charge >= 0.3 is 0 Å². The van der Waals surface area contributed by atoms with Gasteiger partial charge in [-0.15, -0.1) is 0 Å². The van der Waals surface area contributed by atoms with Gasteiger partial charge in [0.05, 0.1) is 10.7 Å². The molecule has 1 unspecified atom stereocenters. The molecule has 0 aliphatic rings. The van der Waals surface area contributed by atoms with Gasteiger partial charge in [-0.25, -0.2) is 5.43 Å². The Morgan fingerprint density at radius 2 is 1.89 bits per heavy atom. The number of carbonyl (C=O) groups is 2. The molecule has 0 fully saturated rings. The monoisotopic (exact) mass is 465 g/mol. The second kappa shape index (κ2) is 10.2. The lowest BCUT2D eigenvalue weighted by atomic mass is 10.0. The number of phenolic OH excluding ortho intramolecular Hbond substituents is 1. The minimum atomic E-state index is -0.730. The molecule has 3 N–H and O–H groups in total. The largest absolute Gasteiger partial charge is 0.507 e. The first-order valence-electron chi connectivity index (χ1n) is 8.64. The van der Waals surface area contributed by atoms with E-state index in [0.717, 1.165) is 0 Å². The third-order valence-corrected chi connectivity index (χ3v) is 4.68. The molecule has 6 nitrogen and oxygen atoms in total. The molecule has 2 aromatic rings. The lowest BCUT2D eigenvalue weighted by molar-refractivity contribution is -0.123. The molecule has 2 rings (SSSR count). The Bertz CT molecular complexity index is 869. The summed E-state index contributed by atoms with van der Waals surface area (Å²) >= 11 is 9.06. The van der Waals surface area contributed by atoms with Gasteiger partial charge in [0.2, 0.25) is 0 Å². The molecule has 0 saturated carbocycles. The maximum atomic E-state index is 12.5. The van der Waals surface area contributed by atoms with Crippen molar-refractivity contribution >= 4 is 45.6 Å². The van der Waals surface area contributed by atoms with Crippen LogP contribution in [0.1, 0.15) is 36.2 Å². The number of benzene rings is 2. The van der Waals surface area contributed by atoms with E-state index in [1.807, 2.05) is 13.8 Å². The maximum absolute atomic E-state index is 12.5. The number of hydrazone groups is 1. The molecule has 2 amide bonds. The fourth-order valence-corrected chi connectivity index (χ4v) is 2.92. The predicted molar refractivity (Wildman–Crippen MR) is 114 cm³/mol. The maximum Gasteiger partial charge on any atom is 0.262 e. The van der Waals surface area contributed by atoms with Gasteiger partial charge < -0.3 is 10.4 Å². The fourth-order valence-electron chi connectivity index (χ4n) is 2.40. The molecule has 0 aromatic heterocycles. The van der Waals surface area contributed by atoms with E-state index in [9.17, 15) is 14.7 Å². The van der Waals surface area contributed by atoms with Gasteiger partial charge in [0.1, 0.15) is 11.8 Å². The molecule has 0 aliphatic heterocycles. The van der Waals surface area contributed by atoms with E-state index in [-0.39, 0.29) is 17.6 Å². The van der Waals surface area contributed by atoms with Crippen molar-refractivity contribution in [2.24, 2.45) is 11.0 Å². The zero-order valence-electron chi connectivity index (χ0n) is 15.4. The van der Waals surface area contributed by atoms with Crippen LogP contribution in [0.5, 0.6) is 5.75 Å². The Morgan fingerprint density at radius 1 is 1.21 bits per heavy atom. The van der Waals surface area contributed by atoms with Gasteiger partial charge in [0.25, 0.3) is 11.8 Å². The lowest BCUT2D eigenvalue weighted by Crippen LogP contribution is -2.46. The van der Waals surface area contributed by atoms with Crippen molar-refractivity contribution in [1.82, 2.24) is 10.7 Å². The first-order valence-corrected chi connectivity index (χ1v) is 9.81. The van der Waals surface area contributed by atoms with E-state index in [1.54, 1.807) is 36.4 Å². The van der Waals surface area contributed by atoms with Crippen molar-refractivity contribution in [3.63, 3.8) is 0 Å². The van der Waals surface area contributed by atoms with Gasteiger partial charge in [-0.05, 0) is 76.3 Å². The Balaban J connectivity index is 2.03. The van der Waals surface area contributed by atoms with E-state index in [0.29, 0.717) is 27.0 Å². The molecule has 0 aliphatic carbocycles. The quantitative estimate of drug-likeness (QED) is 0.424. The third-order valence-electron chi connectivity index (χ3n) is 3.80. The first kappa shape index (κ1) is 21.9. The van der Waals surface area contributed by atoms with Crippen LogP contribution in [0.25, 0.3) is 0 Å². The minimum Gasteiger partial charge on any atom is -0.507 e. The molecule has 148 valence electrons. The van der Waals surface area contributed by atoms with Crippen LogP contribution in [0.3, 0.4) is 0 Å². The Hall–Kier alpha value is -2.38. The molecule has 0 radical (unpaired) electrons. The van der Waals surface area contributed by atoms with Crippen molar-refractivity contribution < 1.29 is 14.7 Å². The summed E-state index contributed by atoms with van der Waals surface area (Å²) in [4.78, 5) is 24.9. The number of phenols is 1. The van der Waals surface area contributed by atoms with E-state index < -0.39 is 11.9 Å². The molecular formula is C20H21BrClN3O3. The number of carbonyl (C=O) groups excluding carboxylic acids is 2. The average molecular weight is 467 g/mol. The normalized spacial score (nSPS) is 12.2. The zero-order valence-corrected chi connectivity index (χ0v) is 17.8. The number of halogens is 2. The molecule has 8 heteroatoms. The SMILES string of the molecule is CC(C)CC(NC(=O)c1ccc(Cl)cc1)C(=O)NN=Cc1ccc(O)c(Br)c1. The fraction of sp³-hybridized carbons (Fsp3) is 0.250. The topological polar surface area (TPSA) is 90.8 Å². The lowest BCUT2D eigenvalue weighted by Gasteiger charge is -2.19. The highest BCUT2D eigenvalue weighted by molar-refractivity contribution is 9.10. The van der Waals surface area contributed by atoms with E-state index in [2.05, 4.69) is 31.8 Å². The third kappa shape index (κ3) is 6.65. The molecule has 0 heterocycles. The van der Waals surface area contributed by atoms with E-state index in [4.69, 9.17) is 11.6 Å². The minimum absolute atomic E-state index is 0.114. The van der Waals surface area contributed by atoms with Crippen molar-refractivity contribution in [3.05, 3.63) is 63.1 Å². The Morgan fingerprint density at radius 3 is 2.50 bits per heavy atom. The number of amides is 2. The van der Waals surface area contributed by atoms with Crippen molar-refractivity contribution in [2.75, 3.05) is 0 Å². The summed E-state index contributed by atoms with van der Waals surface area (Å²) in [7, 11) is 0.